The van der Waals surface area contributed by atoms with E-state index in [0.717, 1.165) is 36.3 Å². The van der Waals surface area contributed by atoms with Gasteiger partial charge in [0.15, 0.2) is 0 Å². The van der Waals surface area contributed by atoms with Gasteiger partial charge in [-0.2, -0.15) is 15.3 Å². The number of rotatable bonds is 9. The van der Waals surface area contributed by atoms with Crippen LogP contribution in [0.1, 0.15) is 25.8 Å². The van der Waals surface area contributed by atoms with Crippen molar-refractivity contribution in [3.05, 3.63) is 48.3 Å². The second-order valence-electron chi connectivity index (χ2n) is 7.91. The van der Waals surface area contributed by atoms with Crippen molar-refractivity contribution in [1.29, 1.82) is 5.26 Å². The molecule has 1 aromatic carbocycles. The molecule has 2 aromatic heterocycles. The largest absolute Gasteiger partial charge is 0.474 e. The van der Waals surface area contributed by atoms with Crippen LogP contribution in [0.5, 0.6) is 5.88 Å². The fourth-order valence-corrected chi connectivity index (χ4v) is 3.10. The molecule has 0 saturated heterocycles. The van der Waals surface area contributed by atoms with Crippen LogP contribution in [0.15, 0.2) is 42.7 Å². The summed E-state index contributed by atoms with van der Waals surface area (Å²) in [6, 6.07) is 11.7. The molecule has 0 radical (unpaired) electrons. The maximum atomic E-state index is 9.33. The molecule has 0 aliphatic heterocycles. The van der Waals surface area contributed by atoms with Crippen molar-refractivity contribution < 1.29 is 4.74 Å². The van der Waals surface area contributed by atoms with Crippen LogP contribution in [0.2, 0.25) is 0 Å². The van der Waals surface area contributed by atoms with Gasteiger partial charge in [0, 0.05) is 30.1 Å². The summed E-state index contributed by atoms with van der Waals surface area (Å²) in [6.45, 7) is 5.68. The van der Waals surface area contributed by atoms with E-state index in [-0.39, 0.29) is 17.5 Å². The molecular weight excluding hydrogens is 390 g/mol. The van der Waals surface area contributed by atoms with Crippen LogP contribution in [0.4, 0.5) is 17.2 Å². The van der Waals surface area contributed by atoms with E-state index in [1.165, 1.54) is 0 Å². The predicted molar refractivity (Wildman–Crippen MR) is 123 cm³/mol. The van der Waals surface area contributed by atoms with Gasteiger partial charge >= 0.3 is 0 Å². The summed E-state index contributed by atoms with van der Waals surface area (Å²) in [6.07, 6.45) is 4.89. The van der Waals surface area contributed by atoms with E-state index in [4.69, 9.17) is 10.5 Å². The minimum atomic E-state index is -0.114. The van der Waals surface area contributed by atoms with Crippen LogP contribution in [0, 0.1) is 11.3 Å². The van der Waals surface area contributed by atoms with Gasteiger partial charge in [-0.15, -0.1) is 0 Å². The first kappa shape index (κ1) is 22.1. The molecule has 0 aliphatic carbocycles. The third-order valence-electron chi connectivity index (χ3n) is 4.59. The van der Waals surface area contributed by atoms with Gasteiger partial charge < -0.3 is 20.7 Å². The fourth-order valence-electron chi connectivity index (χ4n) is 3.10. The van der Waals surface area contributed by atoms with Gasteiger partial charge in [0.1, 0.15) is 17.5 Å². The monoisotopic (exact) mass is 419 g/mol. The number of ether oxygens (including phenoxy) is 1. The molecule has 31 heavy (non-hydrogen) atoms. The summed E-state index contributed by atoms with van der Waals surface area (Å²) in [7, 11) is 4.15. The summed E-state index contributed by atoms with van der Waals surface area (Å²) in [5.41, 5.74) is 9.61. The van der Waals surface area contributed by atoms with Crippen molar-refractivity contribution in [3.63, 3.8) is 0 Å². The number of nitrogens with one attached hydrogen (secondary N) is 1. The highest BCUT2D eigenvalue weighted by Crippen LogP contribution is 2.28. The summed E-state index contributed by atoms with van der Waals surface area (Å²) in [4.78, 5) is 6.58. The van der Waals surface area contributed by atoms with Gasteiger partial charge in [0.05, 0.1) is 18.0 Å². The van der Waals surface area contributed by atoms with Crippen LogP contribution in [0.25, 0.3) is 11.1 Å². The van der Waals surface area contributed by atoms with Gasteiger partial charge in [-0.25, -0.2) is 0 Å². The summed E-state index contributed by atoms with van der Waals surface area (Å²) >= 11 is 0. The van der Waals surface area contributed by atoms with Crippen molar-refractivity contribution in [3.8, 4) is 23.1 Å². The predicted octanol–water partition coefficient (Wildman–Crippen LogP) is 3.88. The van der Waals surface area contributed by atoms with Crippen molar-refractivity contribution in [1.82, 2.24) is 19.7 Å². The maximum absolute atomic E-state index is 9.33. The summed E-state index contributed by atoms with van der Waals surface area (Å²) < 4.78 is 7.63. The maximum Gasteiger partial charge on any atom is 0.236 e. The SMILES string of the molecule is CC(C)Oc1nc(Nc2ccc(-c3cnn(CCCN(C)C)c3)cc2)cc(N)c1C#N. The molecule has 3 aromatic rings. The highest BCUT2D eigenvalue weighted by Gasteiger charge is 2.13. The Morgan fingerprint density at radius 1 is 1.23 bits per heavy atom. The number of nitriles is 1. The van der Waals surface area contributed by atoms with E-state index in [1.807, 2.05) is 49.0 Å². The van der Waals surface area contributed by atoms with Crippen molar-refractivity contribution in [2.75, 3.05) is 31.7 Å². The number of aryl methyl sites for hydroxylation is 1. The number of nitrogen functional groups attached to an aromatic ring is 1. The third-order valence-corrected chi connectivity index (χ3v) is 4.59. The normalized spacial score (nSPS) is 11.0. The number of pyridine rings is 1. The molecule has 0 atom stereocenters. The first-order valence-electron chi connectivity index (χ1n) is 10.3. The molecule has 0 saturated carbocycles. The van der Waals surface area contributed by atoms with E-state index in [2.05, 4.69) is 46.7 Å². The zero-order valence-corrected chi connectivity index (χ0v) is 18.5. The number of nitrogens with zero attached hydrogens (tertiary/aromatic N) is 5. The molecule has 8 nitrogen and oxygen atoms in total. The van der Waals surface area contributed by atoms with Gasteiger partial charge in [0.2, 0.25) is 5.88 Å². The highest BCUT2D eigenvalue weighted by molar-refractivity contribution is 5.70. The Labute approximate surface area is 183 Å². The Morgan fingerprint density at radius 2 is 1.97 bits per heavy atom. The molecule has 0 fully saturated rings. The first-order chi connectivity index (χ1) is 14.9. The molecule has 0 amide bonds. The molecule has 2 heterocycles. The van der Waals surface area contributed by atoms with E-state index >= 15 is 0 Å². The third kappa shape index (κ3) is 5.96. The molecule has 0 aliphatic rings. The van der Waals surface area contributed by atoms with Gasteiger partial charge in [-0.05, 0) is 58.6 Å². The zero-order chi connectivity index (χ0) is 22.4. The Bertz CT molecular complexity index is 1050. The molecular formula is C23H29N7O. The highest BCUT2D eigenvalue weighted by atomic mass is 16.5. The molecule has 0 unspecified atom stereocenters. The minimum absolute atomic E-state index is 0.114. The van der Waals surface area contributed by atoms with Crippen molar-refractivity contribution >= 4 is 17.2 Å². The second kappa shape index (κ2) is 9.96. The van der Waals surface area contributed by atoms with Crippen LogP contribution in [-0.2, 0) is 6.54 Å². The number of hydrogen-bond donors (Lipinski definition) is 2. The molecule has 0 spiro atoms. The van der Waals surface area contributed by atoms with E-state index in [1.54, 1.807) is 6.07 Å². The van der Waals surface area contributed by atoms with E-state index in [9.17, 15) is 5.26 Å². The summed E-state index contributed by atoms with van der Waals surface area (Å²) in [5.74, 6) is 0.756. The number of benzene rings is 1. The van der Waals surface area contributed by atoms with E-state index < -0.39 is 0 Å². The van der Waals surface area contributed by atoms with Crippen LogP contribution in [-0.4, -0.2) is 46.4 Å². The Balaban J connectivity index is 1.71. The quantitative estimate of drug-likeness (QED) is 0.542. The van der Waals surface area contributed by atoms with Gasteiger partial charge in [-0.1, -0.05) is 12.1 Å². The molecule has 8 heteroatoms. The van der Waals surface area contributed by atoms with E-state index in [0.29, 0.717) is 11.5 Å². The average molecular weight is 420 g/mol. The minimum Gasteiger partial charge on any atom is -0.474 e. The standard InChI is InChI=1S/C23H29N7O/c1-16(2)31-23-20(13-24)21(25)12-22(28-23)27-19-8-6-17(7-9-19)18-14-26-30(15-18)11-5-10-29(3)4/h6-9,12,14-16H,5,10-11H2,1-4H3,(H3,25,27,28). The summed E-state index contributed by atoms with van der Waals surface area (Å²) in [5, 5.41) is 17.0. The number of anilines is 3. The Kier molecular flexibility index (Phi) is 7.11. The molecule has 3 N–H and O–H groups in total. The van der Waals surface area contributed by atoms with Crippen molar-refractivity contribution in [2.24, 2.45) is 0 Å². The number of aromatic nitrogens is 3. The van der Waals surface area contributed by atoms with Crippen LogP contribution >= 0.6 is 0 Å². The lowest BCUT2D eigenvalue weighted by molar-refractivity contribution is 0.232. The number of hydrogen-bond acceptors (Lipinski definition) is 7. The van der Waals surface area contributed by atoms with Gasteiger partial charge in [-0.3, -0.25) is 4.68 Å². The van der Waals surface area contributed by atoms with Crippen LogP contribution < -0.4 is 15.8 Å². The lowest BCUT2D eigenvalue weighted by atomic mass is 10.1. The Morgan fingerprint density at radius 3 is 2.61 bits per heavy atom. The van der Waals surface area contributed by atoms with Gasteiger partial charge in [0.25, 0.3) is 0 Å². The topological polar surface area (TPSA) is 105 Å². The Hall–Kier alpha value is -3.57. The molecule has 162 valence electrons. The first-order valence-corrected chi connectivity index (χ1v) is 10.3. The average Bonchev–Trinajstić information content (AvgIpc) is 3.16. The molecule has 3 rings (SSSR count). The number of nitrogens with two attached hydrogens (primary N) is 1. The van der Waals surface area contributed by atoms with Crippen molar-refractivity contribution in [2.45, 2.75) is 32.9 Å². The second-order valence-corrected chi connectivity index (χ2v) is 7.91. The smallest absolute Gasteiger partial charge is 0.236 e. The lowest BCUT2D eigenvalue weighted by Gasteiger charge is -2.14. The molecule has 0 bridgehead atoms. The lowest BCUT2D eigenvalue weighted by Crippen LogP contribution is -2.15. The fraction of sp³-hybridized carbons (Fsp3) is 0.348. The van der Waals surface area contributed by atoms with Crippen LogP contribution in [0.3, 0.4) is 0 Å². The zero-order valence-electron chi connectivity index (χ0n) is 18.5.